The molecule has 0 radical (unpaired) electrons. The summed E-state index contributed by atoms with van der Waals surface area (Å²) in [7, 11) is 0. The van der Waals surface area contributed by atoms with Gasteiger partial charge in [0.25, 0.3) is 0 Å². The van der Waals surface area contributed by atoms with Gasteiger partial charge >= 0.3 is 6.09 Å². The van der Waals surface area contributed by atoms with Crippen molar-refractivity contribution in [2.45, 2.75) is 40.2 Å². The maximum absolute atomic E-state index is 11.7. The van der Waals surface area contributed by atoms with Crippen LogP contribution in [0.3, 0.4) is 0 Å². The predicted octanol–water partition coefficient (Wildman–Crippen LogP) is 2.47. The number of carbonyl (C=O) groups is 1. The highest BCUT2D eigenvalue weighted by Gasteiger charge is 2.21. The summed E-state index contributed by atoms with van der Waals surface area (Å²) in [6, 6.07) is 2.06. The molecule has 0 aliphatic rings. The average molecular weight is 279 g/mol. The number of rotatable bonds is 4. The van der Waals surface area contributed by atoms with Crippen LogP contribution in [0.15, 0.2) is 0 Å². The fraction of sp³-hybridized carbons (Fsp3) is 0.615. The maximum Gasteiger partial charge on any atom is 0.413 e. The molecule has 0 spiro atoms. The Morgan fingerprint density at radius 3 is 2.50 bits per heavy atom. The van der Waals surface area contributed by atoms with Gasteiger partial charge in [-0.3, -0.25) is 10.4 Å². The van der Waals surface area contributed by atoms with E-state index in [0.717, 1.165) is 13.1 Å². The van der Waals surface area contributed by atoms with E-state index in [1.165, 1.54) is 0 Å². The third-order valence-electron chi connectivity index (χ3n) is 2.55. The topological polar surface area (TPSA) is 94.0 Å². The first-order valence-electron chi connectivity index (χ1n) is 6.55. The maximum atomic E-state index is 11.7. The number of hydrogen-bond donors (Lipinski definition) is 2. The van der Waals surface area contributed by atoms with Gasteiger partial charge in [-0.15, -0.1) is 0 Å². The van der Waals surface area contributed by atoms with Gasteiger partial charge in [0.2, 0.25) is 0 Å². The Hall–Kier alpha value is -2.23. The smallest absolute Gasteiger partial charge is 0.413 e. The van der Waals surface area contributed by atoms with E-state index < -0.39 is 11.7 Å². The summed E-state index contributed by atoms with van der Waals surface area (Å²) in [6.07, 6.45) is -0.622. The van der Waals surface area contributed by atoms with E-state index in [2.05, 4.69) is 21.6 Å². The summed E-state index contributed by atoms with van der Waals surface area (Å²) in [5.74, 6) is 0.784. The van der Waals surface area contributed by atoms with E-state index >= 15 is 0 Å². The first kappa shape index (κ1) is 15.8. The number of anilines is 2. The highest BCUT2D eigenvalue weighted by molar-refractivity contribution is 5.86. The number of aromatic nitrogens is 2. The number of aromatic amines is 1. The molecule has 0 saturated heterocycles. The Morgan fingerprint density at radius 1 is 1.45 bits per heavy atom. The van der Waals surface area contributed by atoms with E-state index in [-0.39, 0.29) is 5.82 Å². The van der Waals surface area contributed by atoms with Crippen molar-refractivity contribution in [1.82, 2.24) is 10.2 Å². The molecular formula is C13H21N5O2. The molecule has 0 fully saturated rings. The second-order valence-corrected chi connectivity index (χ2v) is 5.21. The van der Waals surface area contributed by atoms with Crippen molar-refractivity contribution in [1.29, 1.82) is 5.26 Å². The second kappa shape index (κ2) is 6.28. The SMILES string of the molecule is CCN(CC)c1n[nH]c(NC(=O)OC(C)(C)C)c1C#N. The number of H-pyrrole nitrogens is 1. The van der Waals surface area contributed by atoms with Crippen molar-refractivity contribution in [2.75, 3.05) is 23.3 Å². The highest BCUT2D eigenvalue weighted by atomic mass is 16.6. The van der Waals surface area contributed by atoms with Gasteiger partial charge in [0.05, 0.1) is 0 Å². The fourth-order valence-electron chi connectivity index (χ4n) is 1.69. The summed E-state index contributed by atoms with van der Waals surface area (Å²) in [6.45, 7) is 10.7. The van der Waals surface area contributed by atoms with Crippen LogP contribution in [0.5, 0.6) is 0 Å². The molecule has 1 heterocycles. The van der Waals surface area contributed by atoms with Gasteiger partial charge < -0.3 is 9.64 Å². The van der Waals surface area contributed by atoms with Crippen LogP contribution in [-0.4, -0.2) is 35.0 Å². The zero-order valence-electron chi connectivity index (χ0n) is 12.6. The van der Waals surface area contributed by atoms with Crippen molar-refractivity contribution in [2.24, 2.45) is 0 Å². The Morgan fingerprint density at radius 2 is 2.05 bits per heavy atom. The normalized spacial score (nSPS) is 10.8. The fourth-order valence-corrected chi connectivity index (χ4v) is 1.69. The van der Waals surface area contributed by atoms with Crippen molar-refractivity contribution in [3.63, 3.8) is 0 Å². The monoisotopic (exact) mass is 279 g/mol. The van der Waals surface area contributed by atoms with Crippen molar-refractivity contribution in [3.05, 3.63) is 5.56 Å². The van der Waals surface area contributed by atoms with Crippen LogP contribution in [0.1, 0.15) is 40.2 Å². The summed E-state index contributed by atoms with van der Waals surface area (Å²) < 4.78 is 5.14. The molecule has 1 amide bonds. The van der Waals surface area contributed by atoms with Gasteiger partial charge in [-0.2, -0.15) is 10.4 Å². The Labute approximate surface area is 118 Å². The Bertz CT molecular complexity index is 506. The lowest BCUT2D eigenvalue weighted by atomic mass is 10.2. The van der Waals surface area contributed by atoms with Gasteiger partial charge in [-0.1, -0.05) is 0 Å². The first-order chi connectivity index (χ1) is 9.32. The molecule has 20 heavy (non-hydrogen) atoms. The molecule has 0 aliphatic carbocycles. The molecule has 7 nitrogen and oxygen atoms in total. The standard InChI is InChI=1S/C13H21N5O2/c1-6-18(7-2)11-9(8-14)10(16-17-11)15-12(19)20-13(3,4)5/h6-7H2,1-5H3,(H2,15,16,17,19). The largest absolute Gasteiger partial charge is 0.444 e. The van der Waals surface area contributed by atoms with Gasteiger partial charge in [-0.05, 0) is 34.6 Å². The van der Waals surface area contributed by atoms with Crippen LogP contribution in [-0.2, 0) is 4.74 Å². The van der Waals surface area contributed by atoms with Crippen LogP contribution in [0.2, 0.25) is 0 Å². The minimum Gasteiger partial charge on any atom is -0.444 e. The lowest BCUT2D eigenvalue weighted by molar-refractivity contribution is 0.0635. The minimum atomic E-state index is -0.622. The van der Waals surface area contributed by atoms with E-state index in [4.69, 9.17) is 4.74 Å². The van der Waals surface area contributed by atoms with E-state index in [1.807, 2.05) is 18.7 Å². The number of nitrogens with zero attached hydrogens (tertiary/aromatic N) is 3. The summed E-state index contributed by atoms with van der Waals surface area (Å²) in [4.78, 5) is 13.6. The summed E-state index contributed by atoms with van der Waals surface area (Å²) in [5.41, 5.74) is -0.293. The quantitative estimate of drug-likeness (QED) is 0.883. The molecule has 110 valence electrons. The number of hydrogen-bond acceptors (Lipinski definition) is 5. The highest BCUT2D eigenvalue weighted by Crippen LogP contribution is 2.24. The zero-order valence-corrected chi connectivity index (χ0v) is 12.6. The van der Waals surface area contributed by atoms with Gasteiger partial charge in [0.1, 0.15) is 17.2 Å². The van der Waals surface area contributed by atoms with Crippen LogP contribution in [0.4, 0.5) is 16.4 Å². The molecule has 1 rings (SSSR count). The Balaban J connectivity index is 2.93. The van der Waals surface area contributed by atoms with Crippen LogP contribution < -0.4 is 10.2 Å². The molecule has 0 saturated carbocycles. The third kappa shape index (κ3) is 3.88. The molecule has 7 heteroatoms. The zero-order chi connectivity index (χ0) is 15.3. The van der Waals surface area contributed by atoms with E-state index in [1.54, 1.807) is 20.8 Å². The molecule has 0 aliphatic heterocycles. The molecule has 0 atom stereocenters. The first-order valence-corrected chi connectivity index (χ1v) is 6.55. The van der Waals surface area contributed by atoms with Gasteiger partial charge in [0.15, 0.2) is 11.6 Å². The third-order valence-corrected chi connectivity index (χ3v) is 2.55. The van der Waals surface area contributed by atoms with Crippen molar-refractivity contribution >= 4 is 17.7 Å². The molecule has 1 aromatic heterocycles. The summed E-state index contributed by atoms with van der Waals surface area (Å²) in [5, 5.41) is 18.5. The average Bonchev–Trinajstić information content (AvgIpc) is 2.71. The molecular weight excluding hydrogens is 258 g/mol. The lowest BCUT2D eigenvalue weighted by Gasteiger charge is -2.19. The lowest BCUT2D eigenvalue weighted by Crippen LogP contribution is -2.27. The molecule has 1 aromatic rings. The van der Waals surface area contributed by atoms with Crippen molar-refractivity contribution < 1.29 is 9.53 Å². The summed E-state index contributed by atoms with van der Waals surface area (Å²) >= 11 is 0. The predicted molar refractivity (Wildman–Crippen MR) is 76.7 cm³/mol. The van der Waals surface area contributed by atoms with Crippen molar-refractivity contribution in [3.8, 4) is 6.07 Å². The number of nitriles is 1. The van der Waals surface area contributed by atoms with E-state index in [0.29, 0.717) is 11.4 Å². The minimum absolute atomic E-state index is 0.253. The van der Waals surface area contributed by atoms with E-state index in [9.17, 15) is 10.1 Å². The van der Waals surface area contributed by atoms with Crippen LogP contribution in [0, 0.1) is 11.3 Å². The molecule has 2 N–H and O–H groups in total. The van der Waals surface area contributed by atoms with Gasteiger partial charge in [-0.25, -0.2) is 4.79 Å². The molecule has 0 bridgehead atoms. The number of ether oxygens (including phenoxy) is 1. The van der Waals surface area contributed by atoms with Crippen LogP contribution >= 0.6 is 0 Å². The number of nitrogens with one attached hydrogen (secondary N) is 2. The molecule has 0 unspecified atom stereocenters. The second-order valence-electron chi connectivity index (χ2n) is 5.21. The van der Waals surface area contributed by atoms with Crippen LogP contribution in [0.25, 0.3) is 0 Å². The van der Waals surface area contributed by atoms with Gasteiger partial charge in [0, 0.05) is 13.1 Å². The molecule has 0 aromatic carbocycles. The Kier molecular flexibility index (Phi) is 4.97. The number of amides is 1. The number of carbonyl (C=O) groups excluding carboxylic acids is 1.